The number of rotatable bonds is 5. The first kappa shape index (κ1) is 19.4. The molecule has 152 valence electrons. The van der Waals surface area contributed by atoms with Gasteiger partial charge in [0.1, 0.15) is 17.1 Å². The first-order valence-electron chi connectivity index (χ1n) is 9.03. The van der Waals surface area contributed by atoms with E-state index in [1.54, 1.807) is 23.1 Å². The number of likely N-dealkylation sites (tertiary alicyclic amines) is 1. The van der Waals surface area contributed by atoms with Gasteiger partial charge in [0.05, 0.1) is 24.4 Å². The summed E-state index contributed by atoms with van der Waals surface area (Å²) in [5.74, 6) is -1.06. The average Bonchev–Trinajstić information content (AvgIpc) is 3.37. The summed E-state index contributed by atoms with van der Waals surface area (Å²) in [5.41, 5.74) is 0.789. The molecule has 1 N–H and O–H groups in total. The normalized spacial score (nSPS) is 16.3. The van der Waals surface area contributed by atoms with Crippen LogP contribution in [0.2, 0.25) is 0 Å². The number of carbonyl (C=O) groups is 1. The Labute approximate surface area is 170 Å². The third kappa shape index (κ3) is 3.57. The molecule has 0 spiro atoms. The van der Waals surface area contributed by atoms with Gasteiger partial charge < -0.3 is 19.7 Å². The van der Waals surface area contributed by atoms with Crippen molar-refractivity contribution in [2.45, 2.75) is 12.5 Å². The lowest BCUT2D eigenvalue weighted by Gasteiger charge is -2.20. The highest BCUT2D eigenvalue weighted by Gasteiger charge is 2.31. The summed E-state index contributed by atoms with van der Waals surface area (Å²) in [5, 5.41) is 3.73. The molecule has 1 saturated heterocycles. The van der Waals surface area contributed by atoms with Gasteiger partial charge in [-0.15, -0.1) is 0 Å². The summed E-state index contributed by atoms with van der Waals surface area (Å²) in [6.07, 6.45) is 0.704. The van der Waals surface area contributed by atoms with Crippen molar-refractivity contribution < 1.29 is 23.0 Å². The van der Waals surface area contributed by atoms with Crippen LogP contribution >= 0.6 is 11.3 Å². The number of thiazole rings is 1. The van der Waals surface area contributed by atoms with Crippen LogP contribution in [0.1, 0.15) is 16.8 Å². The maximum absolute atomic E-state index is 13.9. The van der Waals surface area contributed by atoms with Crippen LogP contribution in [0.25, 0.3) is 10.2 Å². The van der Waals surface area contributed by atoms with Gasteiger partial charge in [0.2, 0.25) is 0 Å². The summed E-state index contributed by atoms with van der Waals surface area (Å²) in [6, 6.07) is 7.67. The Morgan fingerprint density at radius 3 is 2.62 bits per heavy atom. The molecule has 29 heavy (non-hydrogen) atoms. The van der Waals surface area contributed by atoms with Crippen molar-refractivity contribution in [3.05, 3.63) is 47.5 Å². The topological polar surface area (TPSA) is 63.7 Å². The molecular weight excluding hydrogens is 400 g/mol. The minimum atomic E-state index is -0.893. The van der Waals surface area contributed by atoms with Crippen LogP contribution < -0.4 is 14.8 Å². The van der Waals surface area contributed by atoms with Gasteiger partial charge in [-0.2, -0.15) is 0 Å². The molecule has 1 amide bonds. The lowest BCUT2D eigenvalue weighted by atomic mass is 10.1. The van der Waals surface area contributed by atoms with Crippen molar-refractivity contribution in [1.29, 1.82) is 0 Å². The molecule has 1 aliphatic rings. The first-order valence-corrected chi connectivity index (χ1v) is 9.84. The minimum Gasteiger partial charge on any atom is -0.496 e. The largest absolute Gasteiger partial charge is 0.496 e. The number of methoxy groups -OCH3 is 2. The quantitative estimate of drug-likeness (QED) is 0.679. The molecule has 9 heteroatoms. The fraction of sp³-hybridized carbons (Fsp3) is 0.300. The molecule has 1 fully saturated rings. The molecule has 0 radical (unpaired) electrons. The number of hydrogen-bond acceptors (Lipinski definition) is 6. The molecule has 0 unspecified atom stereocenters. The second-order valence-electron chi connectivity index (χ2n) is 6.65. The number of nitrogens with one attached hydrogen (secondary N) is 1. The number of aromatic nitrogens is 1. The van der Waals surface area contributed by atoms with Gasteiger partial charge in [-0.1, -0.05) is 17.4 Å². The predicted molar refractivity (Wildman–Crippen MR) is 107 cm³/mol. The van der Waals surface area contributed by atoms with Crippen LogP contribution in [0.15, 0.2) is 30.3 Å². The monoisotopic (exact) mass is 419 g/mol. The summed E-state index contributed by atoms with van der Waals surface area (Å²) in [6.45, 7) is 0.998. The maximum atomic E-state index is 13.9. The zero-order valence-electron chi connectivity index (χ0n) is 15.9. The second-order valence-corrected chi connectivity index (χ2v) is 7.65. The van der Waals surface area contributed by atoms with Crippen molar-refractivity contribution in [2.75, 3.05) is 32.6 Å². The Morgan fingerprint density at radius 1 is 1.21 bits per heavy atom. The number of benzene rings is 2. The number of ether oxygens (including phenoxy) is 2. The summed E-state index contributed by atoms with van der Waals surface area (Å²) in [7, 11) is 3.02. The number of amides is 1. The van der Waals surface area contributed by atoms with E-state index in [1.807, 2.05) is 0 Å². The Balaban J connectivity index is 1.50. The lowest BCUT2D eigenvalue weighted by molar-refractivity contribution is 0.0784. The van der Waals surface area contributed by atoms with E-state index < -0.39 is 11.6 Å². The van der Waals surface area contributed by atoms with Gasteiger partial charge in [0, 0.05) is 19.1 Å². The summed E-state index contributed by atoms with van der Waals surface area (Å²) in [4.78, 5) is 19.1. The van der Waals surface area contributed by atoms with Crippen molar-refractivity contribution in [3.63, 3.8) is 0 Å². The van der Waals surface area contributed by atoms with Gasteiger partial charge in [0.15, 0.2) is 16.8 Å². The maximum Gasteiger partial charge on any atom is 0.261 e. The molecule has 6 nitrogen and oxygen atoms in total. The van der Waals surface area contributed by atoms with Gasteiger partial charge in [-0.3, -0.25) is 4.79 Å². The second kappa shape index (κ2) is 7.82. The zero-order chi connectivity index (χ0) is 20.5. The Hall–Kier alpha value is -2.94. The van der Waals surface area contributed by atoms with Crippen LogP contribution in [0.4, 0.5) is 13.9 Å². The SMILES string of the molecule is COc1cccc(OC)c1C(=O)N1CC[C@@H](Nc2nc3ccc(F)c(F)c3s2)C1. The molecule has 1 atom stereocenters. The fourth-order valence-corrected chi connectivity index (χ4v) is 4.42. The van der Waals surface area contributed by atoms with Crippen molar-refractivity contribution in [3.8, 4) is 11.5 Å². The summed E-state index contributed by atoms with van der Waals surface area (Å²) < 4.78 is 38.2. The Bertz CT molecular complexity index is 1050. The molecule has 4 rings (SSSR count). The number of fused-ring (bicyclic) bond motifs is 1. The van der Waals surface area contributed by atoms with Crippen molar-refractivity contribution in [1.82, 2.24) is 9.88 Å². The van der Waals surface area contributed by atoms with E-state index >= 15 is 0 Å². The molecule has 3 aromatic rings. The number of hydrogen-bond donors (Lipinski definition) is 1. The Kier molecular flexibility index (Phi) is 5.23. The van der Waals surface area contributed by atoms with Crippen LogP contribution in [0.3, 0.4) is 0 Å². The molecule has 2 heterocycles. The number of anilines is 1. The molecule has 2 aromatic carbocycles. The highest BCUT2D eigenvalue weighted by atomic mass is 32.1. The van der Waals surface area contributed by atoms with Gasteiger partial charge in [-0.25, -0.2) is 13.8 Å². The molecule has 1 aliphatic heterocycles. The van der Waals surface area contributed by atoms with E-state index in [9.17, 15) is 13.6 Å². The van der Waals surface area contributed by atoms with Gasteiger partial charge in [-0.05, 0) is 30.7 Å². The number of nitrogens with zero attached hydrogens (tertiary/aromatic N) is 2. The third-order valence-electron chi connectivity index (χ3n) is 4.89. The van der Waals surface area contributed by atoms with Crippen LogP contribution in [-0.4, -0.2) is 49.1 Å². The minimum absolute atomic E-state index is 0.0480. The lowest BCUT2D eigenvalue weighted by Crippen LogP contribution is -2.32. The summed E-state index contributed by atoms with van der Waals surface area (Å²) >= 11 is 1.06. The van der Waals surface area contributed by atoms with E-state index in [0.717, 1.165) is 17.4 Å². The van der Waals surface area contributed by atoms with Gasteiger partial charge in [0.25, 0.3) is 5.91 Å². The van der Waals surface area contributed by atoms with E-state index in [2.05, 4.69) is 10.3 Å². The Morgan fingerprint density at radius 2 is 1.93 bits per heavy atom. The van der Waals surface area contributed by atoms with E-state index in [4.69, 9.17) is 9.47 Å². The molecule has 0 saturated carbocycles. The predicted octanol–water partition coefficient (Wildman–Crippen LogP) is 3.92. The fourth-order valence-electron chi connectivity index (χ4n) is 3.45. The van der Waals surface area contributed by atoms with E-state index in [0.29, 0.717) is 47.2 Å². The van der Waals surface area contributed by atoms with Crippen LogP contribution in [0.5, 0.6) is 11.5 Å². The average molecular weight is 419 g/mol. The number of halogens is 2. The zero-order valence-corrected chi connectivity index (χ0v) is 16.7. The number of carbonyl (C=O) groups excluding carboxylic acids is 1. The molecular formula is C20H19F2N3O3S. The van der Waals surface area contributed by atoms with E-state index in [1.165, 1.54) is 20.3 Å². The van der Waals surface area contributed by atoms with Crippen LogP contribution in [-0.2, 0) is 0 Å². The smallest absolute Gasteiger partial charge is 0.261 e. The standard InChI is InChI=1S/C20H19F2N3O3S/c1-27-14-4-3-5-15(28-2)16(14)19(26)25-9-8-11(10-25)23-20-24-13-7-6-12(21)17(22)18(13)29-20/h3-7,11H,8-10H2,1-2H3,(H,23,24)/t11-/m1/s1. The molecule has 1 aromatic heterocycles. The third-order valence-corrected chi connectivity index (χ3v) is 5.89. The van der Waals surface area contributed by atoms with Crippen molar-refractivity contribution >= 4 is 32.6 Å². The highest BCUT2D eigenvalue weighted by molar-refractivity contribution is 7.22. The molecule has 0 bridgehead atoms. The van der Waals surface area contributed by atoms with E-state index in [-0.39, 0.29) is 16.6 Å². The molecule has 0 aliphatic carbocycles. The van der Waals surface area contributed by atoms with Gasteiger partial charge >= 0.3 is 0 Å². The first-order chi connectivity index (χ1) is 14.0. The van der Waals surface area contributed by atoms with Crippen molar-refractivity contribution in [2.24, 2.45) is 0 Å². The van der Waals surface area contributed by atoms with Crippen LogP contribution in [0, 0.1) is 11.6 Å². The highest BCUT2D eigenvalue weighted by Crippen LogP contribution is 2.33.